The minimum absolute atomic E-state index is 0.0412. The fraction of sp³-hybridized carbons (Fsp3) is 0.500. The van der Waals surface area contributed by atoms with Crippen LogP contribution in [0, 0.1) is 5.92 Å². The Bertz CT molecular complexity index is 1150. The van der Waals surface area contributed by atoms with Crippen molar-refractivity contribution >= 4 is 35.3 Å². The molecule has 2 saturated heterocycles. The Balaban J connectivity index is 1.17. The van der Waals surface area contributed by atoms with E-state index >= 15 is 0 Å². The van der Waals surface area contributed by atoms with Crippen molar-refractivity contribution in [3.8, 4) is 0 Å². The van der Waals surface area contributed by atoms with Crippen LogP contribution in [0.15, 0.2) is 54.6 Å². The Hall–Kier alpha value is -3.00. The molecule has 5 rings (SSSR count). The summed E-state index contributed by atoms with van der Waals surface area (Å²) in [6.45, 7) is 6.96. The van der Waals surface area contributed by atoms with Gasteiger partial charge in [0.2, 0.25) is 11.8 Å². The molecule has 0 aromatic heterocycles. The van der Waals surface area contributed by atoms with Crippen molar-refractivity contribution in [1.82, 2.24) is 14.7 Å². The number of nitrogens with zero attached hydrogens (tertiary/aromatic N) is 3. The normalized spacial score (nSPS) is 22.4. The van der Waals surface area contributed by atoms with Gasteiger partial charge in [-0.1, -0.05) is 62.4 Å². The SMILES string of the molecule is CC(C)CCN1C(=O)C(CC(=O)N2CCC(N3CCc4ccccc4NC3=O)CC2)SC1c1ccccc1. The molecule has 0 aliphatic carbocycles. The van der Waals surface area contributed by atoms with Crippen LogP contribution >= 0.6 is 11.8 Å². The predicted octanol–water partition coefficient (Wildman–Crippen LogP) is 5.15. The number of carbonyl (C=O) groups is 3. The van der Waals surface area contributed by atoms with Gasteiger partial charge in [-0.05, 0) is 48.8 Å². The molecule has 2 atom stereocenters. The van der Waals surface area contributed by atoms with Crippen LogP contribution in [0.2, 0.25) is 0 Å². The zero-order chi connectivity index (χ0) is 26.6. The fourth-order valence-corrected chi connectivity index (χ4v) is 7.15. The number of likely N-dealkylation sites (tertiary alicyclic amines) is 1. The predicted molar refractivity (Wildman–Crippen MR) is 152 cm³/mol. The van der Waals surface area contributed by atoms with Crippen LogP contribution in [0.4, 0.5) is 10.5 Å². The Labute approximate surface area is 229 Å². The molecule has 0 bridgehead atoms. The highest BCUT2D eigenvalue weighted by Crippen LogP contribution is 2.44. The van der Waals surface area contributed by atoms with Gasteiger partial charge in [-0.15, -0.1) is 11.8 Å². The Morgan fingerprint density at radius 3 is 2.45 bits per heavy atom. The van der Waals surface area contributed by atoms with Gasteiger partial charge in [0.15, 0.2) is 0 Å². The van der Waals surface area contributed by atoms with E-state index in [-0.39, 0.29) is 40.9 Å². The number of fused-ring (bicyclic) bond motifs is 1. The molecule has 2 aromatic carbocycles. The topological polar surface area (TPSA) is 73.0 Å². The molecule has 0 saturated carbocycles. The first-order valence-corrected chi connectivity index (χ1v) is 14.8. The van der Waals surface area contributed by atoms with Crippen molar-refractivity contribution in [3.63, 3.8) is 0 Å². The number of hydrogen-bond donors (Lipinski definition) is 1. The smallest absolute Gasteiger partial charge is 0.322 e. The molecule has 2 aromatic rings. The summed E-state index contributed by atoms with van der Waals surface area (Å²) in [6.07, 6.45) is 3.52. The lowest BCUT2D eigenvalue weighted by molar-refractivity contribution is -0.136. The number of piperidine rings is 1. The lowest BCUT2D eigenvalue weighted by Crippen LogP contribution is -2.50. The van der Waals surface area contributed by atoms with E-state index in [1.807, 2.05) is 51.1 Å². The van der Waals surface area contributed by atoms with Gasteiger partial charge in [0.1, 0.15) is 5.37 Å². The molecule has 3 aliphatic heterocycles. The Morgan fingerprint density at radius 2 is 1.71 bits per heavy atom. The van der Waals surface area contributed by atoms with E-state index in [1.54, 1.807) is 11.8 Å². The summed E-state index contributed by atoms with van der Waals surface area (Å²) in [5.41, 5.74) is 3.16. The highest BCUT2D eigenvalue weighted by Gasteiger charge is 2.42. The highest BCUT2D eigenvalue weighted by molar-refractivity contribution is 8.01. The minimum Gasteiger partial charge on any atom is -0.342 e. The summed E-state index contributed by atoms with van der Waals surface area (Å²) in [5.74, 6) is 0.625. The van der Waals surface area contributed by atoms with Crippen LogP contribution in [-0.2, 0) is 16.0 Å². The first-order valence-electron chi connectivity index (χ1n) is 13.8. The Kier molecular flexibility index (Phi) is 8.27. The largest absolute Gasteiger partial charge is 0.342 e. The molecule has 7 nitrogen and oxygen atoms in total. The van der Waals surface area contributed by atoms with Crippen molar-refractivity contribution < 1.29 is 14.4 Å². The van der Waals surface area contributed by atoms with Gasteiger partial charge in [-0.3, -0.25) is 9.59 Å². The summed E-state index contributed by atoms with van der Waals surface area (Å²) in [7, 11) is 0. The van der Waals surface area contributed by atoms with E-state index < -0.39 is 0 Å². The number of carbonyl (C=O) groups excluding carboxylic acids is 3. The quantitative estimate of drug-likeness (QED) is 0.534. The monoisotopic (exact) mass is 534 g/mol. The lowest BCUT2D eigenvalue weighted by Gasteiger charge is -2.38. The van der Waals surface area contributed by atoms with Crippen LogP contribution in [0.25, 0.3) is 0 Å². The van der Waals surface area contributed by atoms with E-state index in [9.17, 15) is 14.4 Å². The zero-order valence-corrected chi connectivity index (χ0v) is 23.2. The van der Waals surface area contributed by atoms with Crippen LogP contribution in [0.3, 0.4) is 0 Å². The second-order valence-corrected chi connectivity index (χ2v) is 12.2. The zero-order valence-electron chi connectivity index (χ0n) is 22.3. The van der Waals surface area contributed by atoms with Crippen molar-refractivity contribution in [1.29, 1.82) is 0 Å². The average molecular weight is 535 g/mol. The third-order valence-corrected chi connectivity index (χ3v) is 9.41. The number of nitrogens with one attached hydrogen (secondary N) is 1. The van der Waals surface area contributed by atoms with Gasteiger partial charge < -0.3 is 20.0 Å². The molecule has 0 radical (unpaired) electrons. The molecule has 202 valence electrons. The number of hydrogen-bond acceptors (Lipinski definition) is 4. The number of para-hydroxylation sites is 1. The van der Waals surface area contributed by atoms with Crippen LogP contribution < -0.4 is 5.32 Å². The lowest BCUT2D eigenvalue weighted by atomic mass is 10.0. The first-order chi connectivity index (χ1) is 18.4. The highest BCUT2D eigenvalue weighted by atomic mass is 32.2. The van der Waals surface area contributed by atoms with Gasteiger partial charge in [0, 0.05) is 44.3 Å². The molecule has 0 spiro atoms. The molecular formula is C30H38N4O3S. The summed E-state index contributed by atoms with van der Waals surface area (Å²) < 4.78 is 0. The van der Waals surface area contributed by atoms with E-state index in [2.05, 4.69) is 37.4 Å². The molecule has 1 N–H and O–H groups in total. The summed E-state index contributed by atoms with van der Waals surface area (Å²) in [6, 6.07) is 18.2. The van der Waals surface area contributed by atoms with E-state index in [0.29, 0.717) is 32.1 Å². The van der Waals surface area contributed by atoms with E-state index in [1.165, 1.54) is 0 Å². The van der Waals surface area contributed by atoms with Gasteiger partial charge in [0.25, 0.3) is 0 Å². The van der Waals surface area contributed by atoms with Crippen LogP contribution in [0.5, 0.6) is 0 Å². The van der Waals surface area contributed by atoms with Gasteiger partial charge in [-0.25, -0.2) is 4.79 Å². The average Bonchev–Trinajstić information content (AvgIpc) is 3.12. The van der Waals surface area contributed by atoms with Crippen LogP contribution in [-0.4, -0.2) is 70.0 Å². The maximum atomic E-state index is 13.4. The van der Waals surface area contributed by atoms with Crippen molar-refractivity contribution in [3.05, 3.63) is 65.7 Å². The molecule has 3 aliphatic rings. The van der Waals surface area contributed by atoms with Gasteiger partial charge in [-0.2, -0.15) is 0 Å². The number of benzene rings is 2. The van der Waals surface area contributed by atoms with E-state index in [4.69, 9.17) is 0 Å². The number of anilines is 1. The molecule has 4 amide bonds. The summed E-state index contributed by atoms with van der Waals surface area (Å²) in [5, 5.41) is 2.66. The van der Waals surface area contributed by atoms with Crippen molar-refractivity contribution in [2.45, 2.75) is 62.6 Å². The molecule has 2 fully saturated rings. The number of thioether (sulfide) groups is 1. The number of rotatable bonds is 7. The summed E-state index contributed by atoms with van der Waals surface area (Å²) in [4.78, 5) is 45.5. The maximum absolute atomic E-state index is 13.4. The molecule has 38 heavy (non-hydrogen) atoms. The van der Waals surface area contributed by atoms with Crippen molar-refractivity contribution in [2.75, 3.05) is 31.5 Å². The summed E-state index contributed by atoms with van der Waals surface area (Å²) >= 11 is 1.61. The standard InChI is InChI=1S/C30H38N4O3S/c1-21(2)12-18-34-28(36)26(38-29(34)23-9-4-3-5-10-23)20-27(35)32-16-14-24(15-17-32)33-19-13-22-8-6-7-11-25(22)31-30(33)37/h3-11,21,24,26,29H,12-20H2,1-2H3,(H,31,37). The molecule has 2 unspecified atom stereocenters. The number of urea groups is 1. The van der Waals surface area contributed by atoms with Crippen LogP contribution in [0.1, 0.15) is 56.0 Å². The number of amides is 4. The Morgan fingerprint density at radius 1 is 1.00 bits per heavy atom. The minimum atomic E-state index is -0.354. The van der Waals surface area contributed by atoms with Gasteiger partial charge >= 0.3 is 6.03 Å². The van der Waals surface area contributed by atoms with Gasteiger partial charge in [0.05, 0.1) is 5.25 Å². The molecule has 3 heterocycles. The first kappa shape index (κ1) is 26.6. The van der Waals surface area contributed by atoms with Crippen molar-refractivity contribution in [2.24, 2.45) is 5.92 Å². The second kappa shape index (κ2) is 11.8. The fourth-order valence-electron chi connectivity index (χ4n) is 5.68. The maximum Gasteiger partial charge on any atom is 0.322 e. The molecule has 8 heteroatoms. The second-order valence-electron chi connectivity index (χ2n) is 10.9. The van der Waals surface area contributed by atoms with E-state index in [0.717, 1.165) is 42.5 Å². The third kappa shape index (κ3) is 5.85. The molecular weight excluding hydrogens is 496 g/mol. The third-order valence-electron chi connectivity index (χ3n) is 7.93.